The third kappa shape index (κ3) is 4.39. The third-order valence-corrected chi connectivity index (χ3v) is 4.56. The molecule has 2 aromatic heterocycles. The number of piperidine rings is 1. The lowest BCUT2D eigenvalue weighted by Crippen LogP contribution is -2.40. The van der Waals surface area contributed by atoms with Crippen LogP contribution < -0.4 is 0 Å². The highest BCUT2D eigenvalue weighted by atomic mass is 16.5. The van der Waals surface area contributed by atoms with Crippen LogP contribution in [-0.4, -0.2) is 46.0 Å². The van der Waals surface area contributed by atoms with Crippen molar-refractivity contribution in [1.29, 1.82) is 0 Å². The number of carbonyl (C=O) groups excluding carboxylic acids is 1. The van der Waals surface area contributed by atoms with E-state index in [1.807, 2.05) is 30.2 Å². The molecule has 25 heavy (non-hydrogen) atoms. The maximum atomic E-state index is 12.7. The summed E-state index contributed by atoms with van der Waals surface area (Å²) in [7, 11) is 1.67. The second-order valence-electron chi connectivity index (χ2n) is 6.48. The number of hydrogen-bond donors (Lipinski definition) is 0. The molecule has 6 nitrogen and oxygen atoms in total. The van der Waals surface area contributed by atoms with Crippen molar-refractivity contribution in [3.63, 3.8) is 0 Å². The number of carbonyl (C=O) groups is 1. The zero-order valence-corrected chi connectivity index (χ0v) is 14.8. The van der Waals surface area contributed by atoms with E-state index in [4.69, 9.17) is 4.74 Å². The number of pyridine rings is 1. The highest BCUT2D eigenvalue weighted by molar-refractivity contribution is 5.78. The summed E-state index contributed by atoms with van der Waals surface area (Å²) in [5.74, 6) is 1.14. The van der Waals surface area contributed by atoms with Crippen molar-refractivity contribution < 1.29 is 9.53 Å². The van der Waals surface area contributed by atoms with Crippen molar-refractivity contribution in [2.75, 3.05) is 20.2 Å². The Kier molecular flexibility index (Phi) is 5.71. The van der Waals surface area contributed by atoms with Crippen molar-refractivity contribution in [3.05, 3.63) is 53.4 Å². The molecular weight excluding hydrogens is 316 g/mol. The molecule has 0 aliphatic carbocycles. The molecule has 0 N–H and O–H groups in total. The fourth-order valence-electron chi connectivity index (χ4n) is 3.35. The number of hydrogen-bond acceptors (Lipinski definition) is 5. The van der Waals surface area contributed by atoms with E-state index in [1.165, 1.54) is 0 Å². The second-order valence-corrected chi connectivity index (χ2v) is 6.48. The molecule has 0 aromatic carbocycles. The Morgan fingerprint density at radius 1 is 1.40 bits per heavy atom. The number of amides is 1. The number of aryl methyl sites for hydroxylation is 1. The normalized spacial score (nSPS) is 17.5. The smallest absolute Gasteiger partial charge is 0.227 e. The summed E-state index contributed by atoms with van der Waals surface area (Å²) in [5, 5.41) is 0. The molecule has 0 bridgehead atoms. The number of aromatic nitrogens is 3. The summed E-state index contributed by atoms with van der Waals surface area (Å²) in [6, 6.07) is 3.80. The van der Waals surface area contributed by atoms with Crippen LogP contribution in [0.2, 0.25) is 0 Å². The number of ether oxygens (including phenoxy) is 1. The predicted octanol–water partition coefficient (Wildman–Crippen LogP) is 2.28. The van der Waals surface area contributed by atoms with E-state index in [0.29, 0.717) is 19.6 Å². The highest BCUT2D eigenvalue weighted by Crippen LogP contribution is 2.28. The van der Waals surface area contributed by atoms with Gasteiger partial charge in [-0.3, -0.25) is 9.78 Å². The monoisotopic (exact) mass is 340 g/mol. The van der Waals surface area contributed by atoms with Gasteiger partial charge in [0.25, 0.3) is 0 Å². The molecule has 3 heterocycles. The SMILES string of the molecule is COCc1cnc(C)nc1C1CCCN(C(=O)Cc2cccnc2)C1. The number of likely N-dealkylation sites (tertiary alicyclic amines) is 1. The quantitative estimate of drug-likeness (QED) is 0.835. The molecule has 132 valence electrons. The summed E-state index contributed by atoms with van der Waals surface area (Å²) in [5.41, 5.74) is 2.99. The van der Waals surface area contributed by atoms with Gasteiger partial charge in [-0.1, -0.05) is 6.07 Å². The second kappa shape index (κ2) is 8.16. The Morgan fingerprint density at radius 2 is 2.28 bits per heavy atom. The van der Waals surface area contributed by atoms with E-state index < -0.39 is 0 Å². The maximum Gasteiger partial charge on any atom is 0.227 e. The Bertz CT molecular complexity index is 721. The molecule has 6 heteroatoms. The molecule has 1 aliphatic heterocycles. The van der Waals surface area contributed by atoms with E-state index in [2.05, 4.69) is 15.0 Å². The van der Waals surface area contributed by atoms with Crippen LogP contribution in [0.25, 0.3) is 0 Å². The first-order valence-corrected chi connectivity index (χ1v) is 8.65. The van der Waals surface area contributed by atoms with Gasteiger partial charge in [-0.05, 0) is 31.4 Å². The van der Waals surface area contributed by atoms with Crippen LogP contribution >= 0.6 is 0 Å². The first-order chi connectivity index (χ1) is 12.2. The van der Waals surface area contributed by atoms with Crippen LogP contribution in [0.15, 0.2) is 30.7 Å². The van der Waals surface area contributed by atoms with Gasteiger partial charge in [0, 0.05) is 50.3 Å². The van der Waals surface area contributed by atoms with E-state index in [9.17, 15) is 4.79 Å². The molecule has 0 spiro atoms. The van der Waals surface area contributed by atoms with E-state index in [1.54, 1.807) is 19.5 Å². The van der Waals surface area contributed by atoms with Crippen LogP contribution in [0.5, 0.6) is 0 Å². The Morgan fingerprint density at radius 3 is 3.04 bits per heavy atom. The number of methoxy groups -OCH3 is 1. The summed E-state index contributed by atoms with van der Waals surface area (Å²) in [6.45, 7) is 3.90. The van der Waals surface area contributed by atoms with Crippen molar-refractivity contribution >= 4 is 5.91 Å². The third-order valence-electron chi connectivity index (χ3n) is 4.56. The molecule has 1 fully saturated rings. The number of nitrogens with zero attached hydrogens (tertiary/aromatic N) is 4. The molecule has 1 aliphatic rings. The Balaban J connectivity index is 1.73. The van der Waals surface area contributed by atoms with Gasteiger partial charge < -0.3 is 9.64 Å². The molecule has 0 saturated carbocycles. The molecule has 1 amide bonds. The number of rotatable bonds is 5. The van der Waals surface area contributed by atoms with Gasteiger partial charge in [-0.15, -0.1) is 0 Å². The molecule has 1 unspecified atom stereocenters. The first kappa shape index (κ1) is 17.5. The maximum absolute atomic E-state index is 12.7. The molecule has 1 atom stereocenters. The van der Waals surface area contributed by atoms with Gasteiger partial charge in [-0.25, -0.2) is 9.97 Å². The van der Waals surface area contributed by atoms with Gasteiger partial charge in [0.05, 0.1) is 18.7 Å². The van der Waals surface area contributed by atoms with Gasteiger partial charge in [0.1, 0.15) is 5.82 Å². The topological polar surface area (TPSA) is 68.2 Å². The van der Waals surface area contributed by atoms with Gasteiger partial charge in [-0.2, -0.15) is 0 Å². The average molecular weight is 340 g/mol. The Labute approximate surface area is 148 Å². The lowest BCUT2D eigenvalue weighted by Gasteiger charge is -2.33. The Hall–Kier alpha value is -2.34. The highest BCUT2D eigenvalue weighted by Gasteiger charge is 2.27. The fourth-order valence-corrected chi connectivity index (χ4v) is 3.35. The summed E-state index contributed by atoms with van der Waals surface area (Å²) in [4.78, 5) is 27.6. The van der Waals surface area contributed by atoms with Crippen molar-refractivity contribution in [2.24, 2.45) is 0 Å². The van der Waals surface area contributed by atoms with Gasteiger partial charge >= 0.3 is 0 Å². The van der Waals surface area contributed by atoms with Crippen LogP contribution in [0, 0.1) is 6.92 Å². The fraction of sp³-hybridized carbons (Fsp3) is 0.474. The zero-order valence-electron chi connectivity index (χ0n) is 14.8. The van der Waals surface area contributed by atoms with Gasteiger partial charge in [0.15, 0.2) is 0 Å². The van der Waals surface area contributed by atoms with E-state index in [0.717, 1.165) is 42.0 Å². The largest absolute Gasteiger partial charge is 0.380 e. The van der Waals surface area contributed by atoms with Crippen molar-refractivity contribution in [3.8, 4) is 0 Å². The molecule has 1 saturated heterocycles. The zero-order chi connectivity index (χ0) is 17.6. The van der Waals surface area contributed by atoms with Crippen molar-refractivity contribution in [1.82, 2.24) is 19.9 Å². The molecule has 3 rings (SSSR count). The minimum absolute atomic E-state index is 0.150. The minimum atomic E-state index is 0.150. The molecule has 2 aromatic rings. The van der Waals surface area contributed by atoms with Crippen LogP contribution in [0.4, 0.5) is 0 Å². The van der Waals surface area contributed by atoms with E-state index >= 15 is 0 Å². The lowest BCUT2D eigenvalue weighted by atomic mass is 9.91. The first-order valence-electron chi connectivity index (χ1n) is 8.65. The molecule has 0 radical (unpaired) electrons. The molecular formula is C19H24N4O2. The van der Waals surface area contributed by atoms with Gasteiger partial charge in [0.2, 0.25) is 5.91 Å². The van der Waals surface area contributed by atoms with Crippen LogP contribution in [-0.2, 0) is 22.6 Å². The summed E-state index contributed by atoms with van der Waals surface area (Å²) >= 11 is 0. The summed E-state index contributed by atoms with van der Waals surface area (Å²) in [6.07, 6.45) is 7.73. The lowest BCUT2D eigenvalue weighted by molar-refractivity contribution is -0.131. The van der Waals surface area contributed by atoms with Crippen LogP contribution in [0.3, 0.4) is 0 Å². The van der Waals surface area contributed by atoms with E-state index in [-0.39, 0.29) is 11.8 Å². The minimum Gasteiger partial charge on any atom is -0.380 e. The van der Waals surface area contributed by atoms with Crippen molar-refractivity contribution in [2.45, 2.75) is 38.7 Å². The predicted molar refractivity (Wildman–Crippen MR) is 94.0 cm³/mol. The van der Waals surface area contributed by atoms with Crippen LogP contribution in [0.1, 0.15) is 41.4 Å². The average Bonchev–Trinajstić information content (AvgIpc) is 2.64. The standard InChI is InChI=1S/C19H24N4O2/c1-14-21-11-17(13-25-2)19(22-14)16-6-4-8-23(12-16)18(24)9-15-5-3-7-20-10-15/h3,5,7,10-11,16H,4,6,8-9,12-13H2,1-2H3. The summed E-state index contributed by atoms with van der Waals surface area (Å²) < 4.78 is 5.29.